The summed E-state index contributed by atoms with van der Waals surface area (Å²) in [5, 5.41) is 5.47. The first-order valence-corrected chi connectivity index (χ1v) is 6.82. The molecule has 2 amide bonds. The van der Waals surface area contributed by atoms with E-state index in [2.05, 4.69) is 10.6 Å². The van der Waals surface area contributed by atoms with Crippen molar-refractivity contribution in [3.63, 3.8) is 0 Å². The Morgan fingerprint density at radius 1 is 1.05 bits per heavy atom. The molecule has 4 nitrogen and oxygen atoms in total. The molecule has 0 aliphatic heterocycles. The second-order valence-electron chi connectivity index (χ2n) is 4.60. The number of nitrogens with two attached hydrogens (primary N) is 1. The Labute approximate surface area is 124 Å². The summed E-state index contributed by atoms with van der Waals surface area (Å²) in [6.07, 6.45) is 3.47. The highest BCUT2D eigenvalue weighted by atomic mass is 16.2. The zero-order valence-corrected chi connectivity index (χ0v) is 11.8. The smallest absolute Gasteiger partial charge is 0.319 e. The number of hydrogen-bond acceptors (Lipinski definition) is 2. The van der Waals surface area contributed by atoms with Crippen LogP contribution in [0, 0.1) is 0 Å². The van der Waals surface area contributed by atoms with E-state index in [0.717, 1.165) is 16.7 Å². The molecule has 0 bridgehead atoms. The number of urea groups is 1. The molecule has 21 heavy (non-hydrogen) atoms. The highest BCUT2D eigenvalue weighted by molar-refractivity contribution is 5.75. The molecule has 0 saturated heterocycles. The van der Waals surface area contributed by atoms with Crippen molar-refractivity contribution < 1.29 is 4.79 Å². The lowest BCUT2D eigenvalue weighted by Gasteiger charge is -2.06. The van der Waals surface area contributed by atoms with Gasteiger partial charge in [0.25, 0.3) is 0 Å². The monoisotopic (exact) mass is 281 g/mol. The van der Waals surface area contributed by atoms with Gasteiger partial charge in [0.05, 0.1) is 0 Å². The summed E-state index contributed by atoms with van der Waals surface area (Å²) in [5.41, 5.74) is 8.70. The zero-order valence-electron chi connectivity index (χ0n) is 11.8. The fourth-order valence-electron chi connectivity index (χ4n) is 1.88. The first kappa shape index (κ1) is 14.8. The first-order chi connectivity index (χ1) is 10.3. The molecule has 0 saturated carbocycles. The van der Waals surface area contributed by atoms with E-state index in [1.165, 1.54) is 0 Å². The van der Waals surface area contributed by atoms with E-state index in [1.807, 2.05) is 60.7 Å². The summed E-state index contributed by atoms with van der Waals surface area (Å²) in [7, 11) is 0. The van der Waals surface area contributed by atoms with Gasteiger partial charge in [0.2, 0.25) is 0 Å². The standard InChI is InChI=1S/C17H19N3O/c18-12-15-7-4-8-16(11-15)13-20-17(21)19-10-9-14-5-2-1-3-6-14/h1-11H,12-13,18H2,(H2,19,20,21)/b10-9+. The van der Waals surface area contributed by atoms with Crippen LogP contribution in [-0.2, 0) is 13.1 Å². The summed E-state index contributed by atoms with van der Waals surface area (Å²) >= 11 is 0. The quantitative estimate of drug-likeness (QED) is 0.788. The minimum atomic E-state index is -0.236. The lowest BCUT2D eigenvalue weighted by Crippen LogP contribution is -2.31. The van der Waals surface area contributed by atoms with Gasteiger partial charge < -0.3 is 16.4 Å². The Morgan fingerprint density at radius 3 is 2.57 bits per heavy atom. The fraction of sp³-hybridized carbons (Fsp3) is 0.118. The maximum Gasteiger partial charge on any atom is 0.319 e. The van der Waals surface area contributed by atoms with Crippen molar-refractivity contribution in [1.82, 2.24) is 10.6 Å². The summed E-state index contributed by atoms with van der Waals surface area (Å²) < 4.78 is 0. The minimum absolute atomic E-state index is 0.236. The molecule has 0 fully saturated rings. The van der Waals surface area contributed by atoms with Gasteiger partial charge >= 0.3 is 6.03 Å². The number of hydrogen-bond donors (Lipinski definition) is 3. The normalized spacial score (nSPS) is 10.5. The van der Waals surface area contributed by atoms with Crippen LogP contribution in [0.1, 0.15) is 16.7 Å². The number of amides is 2. The molecule has 0 aromatic heterocycles. The van der Waals surface area contributed by atoms with Crippen molar-refractivity contribution in [2.75, 3.05) is 0 Å². The van der Waals surface area contributed by atoms with Crippen LogP contribution in [0.3, 0.4) is 0 Å². The average molecular weight is 281 g/mol. The Kier molecular flexibility index (Phi) is 5.55. The topological polar surface area (TPSA) is 67.1 Å². The van der Waals surface area contributed by atoms with Crippen molar-refractivity contribution in [2.45, 2.75) is 13.1 Å². The predicted molar refractivity (Wildman–Crippen MR) is 85.2 cm³/mol. The van der Waals surface area contributed by atoms with Crippen LogP contribution in [0.25, 0.3) is 6.08 Å². The van der Waals surface area contributed by atoms with Crippen molar-refractivity contribution in [1.29, 1.82) is 0 Å². The van der Waals surface area contributed by atoms with Crippen LogP contribution >= 0.6 is 0 Å². The molecule has 4 heteroatoms. The third kappa shape index (κ3) is 5.12. The van der Waals surface area contributed by atoms with E-state index >= 15 is 0 Å². The third-order valence-electron chi connectivity index (χ3n) is 2.97. The number of carbonyl (C=O) groups excluding carboxylic acids is 1. The van der Waals surface area contributed by atoms with Gasteiger partial charge in [-0.25, -0.2) is 4.79 Å². The third-order valence-corrected chi connectivity index (χ3v) is 2.97. The molecule has 0 radical (unpaired) electrons. The molecule has 4 N–H and O–H groups in total. The van der Waals surface area contributed by atoms with Gasteiger partial charge in [-0.3, -0.25) is 0 Å². The Balaban J connectivity index is 1.78. The molecular weight excluding hydrogens is 262 g/mol. The average Bonchev–Trinajstić information content (AvgIpc) is 2.54. The minimum Gasteiger partial charge on any atom is -0.334 e. The van der Waals surface area contributed by atoms with Crippen molar-refractivity contribution in [3.8, 4) is 0 Å². The second kappa shape index (κ2) is 7.87. The molecule has 2 aromatic carbocycles. The van der Waals surface area contributed by atoms with E-state index < -0.39 is 0 Å². The molecule has 0 aliphatic carbocycles. The lowest BCUT2D eigenvalue weighted by molar-refractivity contribution is 0.244. The maximum atomic E-state index is 11.7. The summed E-state index contributed by atoms with van der Waals surface area (Å²) in [5.74, 6) is 0. The predicted octanol–water partition coefficient (Wildman–Crippen LogP) is 2.62. The molecule has 2 aromatic rings. The van der Waals surface area contributed by atoms with Crippen LogP contribution in [0.2, 0.25) is 0 Å². The van der Waals surface area contributed by atoms with E-state index in [-0.39, 0.29) is 6.03 Å². The molecule has 0 unspecified atom stereocenters. The van der Waals surface area contributed by atoms with Crippen LogP contribution in [0.5, 0.6) is 0 Å². The van der Waals surface area contributed by atoms with E-state index in [1.54, 1.807) is 6.20 Å². The van der Waals surface area contributed by atoms with Gasteiger partial charge in [-0.2, -0.15) is 0 Å². The van der Waals surface area contributed by atoms with E-state index in [4.69, 9.17) is 5.73 Å². The lowest BCUT2D eigenvalue weighted by atomic mass is 10.1. The van der Waals surface area contributed by atoms with Gasteiger partial charge in [0.1, 0.15) is 0 Å². The second-order valence-corrected chi connectivity index (χ2v) is 4.60. The summed E-state index contributed by atoms with van der Waals surface area (Å²) in [6.45, 7) is 0.971. The Bertz CT molecular complexity index is 608. The first-order valence-electron chi connectivity index (χ1n) is 6.82. The Hall–Kier alpha value is -2.59. The fourth-order valence-corrected chi connectivity index (χ4v) is 1.88. The SMILES string of the molecule is NCc1cccc(CNC(=O)N/C=C/c2ccccc2)c1. The number of benzene rings is 2. The Morgan fingerprint density at radius 2 is 1.81 bits per heavy atom. The maximum absolute atomic E-state index is 11.7. The molecule has 2 rings (SSSR count). The molecule has 0 atom stereocenters. The van der Waals surface area contributed by atoms with Gasteiger partial charge in [-0.1, -0.05) is 54.6 Å². The zero-order chi connectivity index (χ0) is 14.9. The highest BCUT2D eigenvalue weighted by Gasteiger charge is 1.98. The number of nitrogens with one attached hydrogen (secondary N) is 2. The van der Waals surface area contributed by atoms with Gasteiger partial charge in [-0.15, -0.1) is 0 Å². The van der Waals surface area contributed by atoms with Crippen LogP contribution in [0.4, 0.5) is 4.79 Å². The largest absolute Gasteiger partial charge is 0.334 e. The highest BCUT2D eigenvalue weighted by Crippen LogP contribution is 2.04. The molecule has 0 aliphatic rings. The van der Waals surface area contributed by atoms with Crippen molar-refractivity contribution in [2.24, 2.45) is 5.73 Å². The summed E-state index contributed by atoms with van der Waals surface area (Å²) in [6, 6.07) is 17.4. The molecule has 0 heterocycles. The molecular formula is C17H19N3O. The van der Waals surface area contributed by atoms with Gasteiger partial charge in [0.15, 0.2) is 0 Å². The van der Waals surface area contributed by atoms with Crippen molar-refractivity contribution >= 4 is 12.1 Å². The van der Waals surface area contributed by atoms with Crippen LogP contribution in [-0.4, -0.2) is 6.03 Å². The number of carbonyl (C=O) groups is 1. The van der Waals surface area contributed by atoms with Gasteiger partial charge in [-0.05, 0) is 22.8 Å². The molecule has 0 spiro atoms. The van der Waals surface area contributed by atoms with E-state index in [0.29, 0.717) is 13.1 Å². The number of rotatable bonds is 5. The van der Waals surface area contributed by atoms with E-state index in [9.17, 15) is 4.79 Å². The summed E-state index contributed by atoms with van der Waals surface area (Å²) in [4.78, 5) is 11.7. The van der Waals surface area contributed by atoms with Crippen LogP contribution < -0.4 is 16.4 Å². The van der Waals surface area contributed by atoms with Crippen molar-refractivity contribution in [3.05, 3.63) is 77.5 Å². The van der Waals surface area contributed by atoms with Gasteiger partial charge in [0, 0.05) is 19.3 Å². The molecule has 108 valence electrons. The van der Waals surface area contributed by atoms with Crippen LogP contribution in [0.15, 0.2) is 60.8 Å².